The van der Waals surface area contributed by atoms with E-state index in [2.05, 4.69) is 25.7 Å². The Morgan fingerprint density at radius 3 is 2.85 bits per heavy atom. The van der Waals surface area contributed by atoms with Crippen LogP contribution >= 0.6 is 15.9 Å². The van der Waals surface area contributed by atoms with Gasteiger partial charge in [0.1, 0.15) is 0 Å². The lowest BCUT2D eigenvalue weighted by molar-refractivity contribution is 0.0697. The minimum absolute atomic E-state index is 0.330. The number of fused-ring (bicyclic) bond motifs is 1. The van der Waals surface area contributed by atoms with E-state index in [1.807, 2.05) is 6.07 Å². The highest BCUT2D eigenvalue weighted by Crippen LogP contribution is 2.31. The van der Waals surface area contributed by atoms with Crippen molar-refractivity contribution in [3.8, 4) is 0 Å². The van der Waals surface area contributed by atoms with Crippen molar-refractivity contribution >= 4 is 27.6 Å². The molecule has 0 aromatic heterocycles. The fourth-order valence-electron chi connectivity index (χ4n) is 3.27. The topological polar surface area (TPSA) is 43.8 Å². The number of aromatic carboxylic acids is 1. The van der Waals surface area contributed by atoms with E-state index in [0.29, 0.717) is 11.6 Å². The van der Waals surface area contributed by atoms with Crippen LogP contribution in [0.15, 0.2) is 22.7 Å². The van der Waals surface area contributed by atoms with E-state index in [4.69, 9.17) is 5.11 Å². The van der Waals surface area contributed by atoms with Gasteiger partial charge in [0.2, 0.25) is 0 Å². The summed E-state index contributed by atoms with van der Waals surface area (Å²) in [6.45, 7) is 4.40. The molecule has 5 heteroatoms. The number of piperazine rings is 1. The molecule has 0 aliphatic carbocycles. The maximum Gasteiger partial charge on any atom is 0.335 e. The summed E-state index contributed by atoms with van der Waals surface area (Å²) >= 11 is 3.52. The first kappa shape index (κ1) is 13.9. The first-order valence-corrected chi connectivity index (χ1v) is 7.96. The summed E-state index contributed by atoms with van der Waals surface area (Å²) in [5, 5.41) is 9.02. The van der Waals surface area contributed by atoms with E-state index < -0.39 is 5.97 Å². The zero-order chi connectivity index (χ0) is 14.1. The molecule has 2 fully saturated rings. The van der Waals surface area contributed by atoms with Gasteiger partial charge in [0.25, 0.3) is 0 Å². The summed E-state index contributed by atoms with van der Waals surface area (Å²) in [6, 6.07) is 5.97. The number of rotatable bonds is 2. The van der Waals surface area contributed by atoms with Crippen LogP contribution in [0.3, 0.4) is 0 Å². The molecule has 1 N–H and O–H groups in total. The average molecular weight is 339 g/mol. The van der Waals surface area contributed by atoms with Crippen molar-refractivity contribution in [3.63, 3.8) is 0 Å². The third-order valence-corrected chi connectivity index (χ3v) is 5.01. The molecular formula is C15H19BrN2O2. The van der Waals surface area contributed by atoms with Crippen LogP contribution < -0.4 is 4.90 Å². The molecule has 0 saturated carbocycles. The van der Waals surface area contributed by atoms with Crippen LogP contribution in [0, 0.1) is 0 Å². The maximum absolute atomic E-state index is 11.0. The molecule has 1 unspecified atom stereocenters. The van der Waals surface area contributed by atoms with E-state index in [9.17, 15) is 4.79 Å². The first-order valence-electron chi connectivity index (χ1n) is 7.17. The second-order valence-electron chi connectivity index (χ2n) is 5.60. The number of piperidine rings is 1. The van der Waals surface area contributed by atoms with Gasteiger partial charge in [0, 0.05) is 30.1 Å². The molecule has 20 heavy (non-hydrogen) atoms. The Labute approximate surface area is 127 Å². The van der Waals surface area contributed by atoms with Crippen LogP contribution in [0.25, 0.3) is 0 Å². The monoisotopic (exact) mass is 338 g/mol. The molecule has 2 heterocycles. The fourth-order valence-corrected chi connectivity index (χ4v) is 3.90. The van der Waals surface area contributed by atoms with Gasteiger partial charge in [0.15, 0.2) is 0 Å². The molecule has 1 aromatic carbocycles. The summed E-state index contributed by atoms with van der Waals surface area (Å²) in [4.78, 5) is 16.0. The number of anilines is 1. The number of nitrogens with zero attached hydrogens (tertiary/aromatic N) is 2. The average Bonchev–Trinajstić information content (AvgIpc) is 2.46. The van der Waals surface area contributed by atoms with Crippen molar-refractivity contribution in [2.24, 2.45) is 0 Å². The number of carbonyl (C=O) groups is 1. The minimum atomic E-state index is -0.880. The number of benzene rings is 1. The van der Waals surface area contributed by atoms with Gasteiger partial charge >= 0.3 is 5.97 Å². The van der Waals surface area contributed by atoms with Gasteiger partial charge in [-0.05, 0) is 53.5 Å². The Morgan fingerprint density at radius 2 is 2.10 bits per heavy atom. The van der Waals surface area contributed by atoms with Crippen LogP contribution in [0.1, 0.15) is 29.6 Å². The summed E-state index contributed by atoms with van der Waals surface area (Å²) in [7, 11) is 0. The molecule has 0 amide bonds. The highest BCUT2D eigenvalue weighted by molar-refractivity contribution is 9.10. The third-order valence-electron chi connectivity index (χ3n) is 4.37. The van der Waals surface area contributed by atoms with E-state index in [1.165, 1.54) is 25.8 Å². The Balaban J connectivity index is 1.78. The molecular weight excluding hydrogens is 320 g/mol. The van der Waals surface area contributed by atoms with Crippen molar-refractivity contribution in [2.75, 3.05) is 31.1 Å². The van der Waals surface area contributed by atoms with Crippen LogP contribution in [-0.2, 0) is 0 Å². The van der Waals surface area contributed by atoms with Gasteiger partial charge in [-0.3, -0.25) is 4.90 Å². The Morgan fingerprint density at radius 1 is 1.25 bits per heavy atom. The van der Waals surface area contributed by atoms with Gasteiger partial charge < -0.3 is 10.0 Å². The molecule has 2 aliphatic rings. The van der Waals surface area contributed by atoms with Gasteiger partial charge in [-0.15, -0.1) is 0 Å². The van der Waals surface area contributed by atoms with Gasteiger partial charge in [0.05, 0.1) is 11.3 Å². The summed E-state index contributed by atoms with van der Waals surface area (Å²) in [5.74, 6) is -0.880. The Hall–Kier alpha value is -1.07. The van der Waals surface area contributed by atoms with Crippen molar-refractivity contribution in [1.29, 1.82) is 0 Å². The van der Waals surface area contributed by atoms with Gasteiger partial charge in [-0.25, -0.2) is 4.79 Å². The highest BCUT2D eigenvalue weighted by Gasteiger charge is 2.29. The van der Waals surface area contributed by atoms with Crippen molar-refractivity contribution < 1.29 is 9.90 Å². The lowest BCUT2D eigenvalue weighted by atomic mass is 9.99. The summed E-state index contributed by atoms with van der Waals surface area (Å²) in [6.07, 6.45) is 3.93. The predicted octanol–water partition coefficient (Wildman–Crippen LogP) is 2.82. The molecule has 1 aromatic rings. The molecule has 0 spiro atoms. The smallest absolute Gasteiger partial charge is 0.335 e. The van der Waals surface area contributed by atoms with Gasteiger partial charge in [-0.1, -0.05) is 6.42 Å². The second kappa shape index (κ2) is 5.74. The zero-order valence-corrected chi connectivity index (χ0v) is 13.0. The van der Waals surface area contributed by atoms with E-state index in [1.54, 1.807) is 12.1 Å². The fraction of sp³-hybridized carbons (Fsp3) is 0.533. The maximum atomic E-state index is 11.0. The van der Waals surface area contributed by atoms with Gasteiger partial charge in [-0.2, -0.15) is 0 Å². The van der Waals surface area contributed by atoms with Crippen LogP contribution in [0.2, 0.25) is 0 Å². The van der Waals surface area contributed by atoms with Crippen LogP contribution in [0.4, 0.5) is 5.69 Å². The number of hydrogen-bond donors (Lipinski definition) is 1. The lowest BCUT2D eigenvalue weighted by Gasteiger charge is -2.45. The largest absolute Gasteiger partial charge is 0.478 e. The molecule has 4 nitrogen and oxygen atoms in total. The molecule has 0 radical (unpaired) electrons. The second-order valence-corrected chi connectivity index (χ2v) is 6.46. The first-order chi connectivity index (χ1) is 9.65. The standard InChI is InChI=1S/C15H19BrN2O2/c16-13-9-11(15(19)20)4-5-14(13)18-8-7-17-6-2-1-3-12(17)10-18/h4-5,9,12H,1-3,6-8,10H2,(H,19,20). The van der Waals surface area contributed by atoms with E-state index >= 15 is 0 Å². The SMILES string of the molecule is O=C(O)c1ccc(N2CCN3CCCCC3C2)c(Br)c1. The lowest BCUT2D eigenvalue weighted by Crippen LogP contribution is -2.55. The van der Waals surface area contributed by atoms with Crippen molar-refractivity contribution in [1.82, 2.24) is 4.90 Å². The number of carboxylic acids is 1. The number of hydrogen-bond acceptors (Lipinski definition) is 3. The molecule has 2 aliphatic heterocycles. The van der Waals surface area contributed by atoms with E-state index in [-0.39, 0.29) is 0 Å². The quantitative estimate of drug-likeness (QED) is 0.900. The minimum Gasteiger partial charge on any atom is -0.478 e. The van der Waals surface area contributed by atoms with Crippen molar-refractivity contribution in [2.45, 2.75) is 25.3 Å². The summed E-state index contributed by atoms with van der Waals surface area (Å²) < 4.78 is 0.877. The number of halogens is 1. The predicted molar refractivity (Wildman–Crippen MR) is 82.5 cm³/mol. The summed E-state index contributed by atoms with van der Waals surface area (Å²) in [5.41, 5.74) is 1.44. The number of carboxylic acid groups (broad SMARTS) is 1. The van der Waals surface area contributed by atoms with Crippen LogP contribution in [0.5, 0.6) is 0 Å². The highest BCUT2D eigenvalue weighted by atomic mass is 79.9. The Kier molecular flexibility index (Phi) is 3.98. The molecule has 108 valence electrons. The molecule has 1 atom stereocenters. The normalized spacial score (nSPS) is 23.4. The molecule has 2 saturated heterocycles. The van der Waals surface area contributed by atoms with Crippen molar-refractivity contribution in [3.05, 3.63) is 28.2 Å². The zero-order valence-electron chi connectivity index (χ0n) is 11.4. The third kappa shape index (κ3) is 2.69. The Bertz CT molecular complexity index is 521. The molecule has 0 bridgehead atoms. The van der Waals surface area contributed by atoms with E-state index in [0.717, 1.165) is 29.8 Å². The molecule has 3 rings (SSSR count). The van der Waals surface area contributed by atoms with Crippen LogP contribution in [-0.4, -0.2) is 48.2 Å².